The van der Waals surface area contributed by atoms with Gasteiger partial charge in [0.15, 0.2) is 5.84 Å². The number of nitrogens with zero attached hydrogens (tertiary/aromatic N) is 4. The highest BCUT2D eigenvalue weighted by Crippen LogP contribution is 2.32. The minimum absolute atomic E-state index is 0.0738. The van der Waals surface area contributed by atoms with E-state index in [2.05, 4.69) is 53.6 Å². The number of thioether (sulfide) groups is 1. The molecule has 7 heteroatoms. The monoisotopic (exact) mass is 419 g/mol. The van der Waals surface area contributed by atoms with Gasteiger partial charge < -0.3 is 4.57 Å². The molecule has 1 N–H and O–H groups in total. The molecule has 0 bridgehead atoms. The summed E-state index contributed by atoms with van der Waals surface area (Å²) in [5.74, 6) is -0.102. The highest BCUT2D eigenvalue weighted by atomic mass is 32.2. The number of hydrazone groups is 1. The lowest BCUT2D eigenvalue weighted by Gasteiger charge is -2.20. The van der Waals surface area contributed by atoms with Crippen molar-refractivity contribution in [3.8, 4) is 5.69 Å². The van der Waals surface area contributed by atoms with Crippen LogP contribution < -0.4 is 0 Å². The molecule has 4 rings (SSSR count). The maximum absolute atomic E-state index is 12.7. The van der Waals surface area contributed by atoms with Gasteiger partial charge in [0.2, 0.25) is 5.17 Å². The number of nitrogens with one attached hydrogen (secondary N) is 1. The highest BCUT2D eigenvalue weighted by molar-refractivity contribution is 8.27. The average Bonchev–Trinajstić information content (AvgIpc) is 3.23. The maximum Gasteiger partial charge on any atom is 0.283 e. The van der Waals surface area contributed by atoms with Gasteiger partial charge in [0.1, 0.15) is 5.04 Å². The zero-order valence-corrected chi connectivity index (χ0v) is 18.9. The zero-order valence-electron chi connectivity index (χ0n) is 18.1. The molecule has 0 aliphatic carbocycles. The van der Waals surface area contributed by atoms with E-state index in [0.29, 0.717) is 5.17 Å². The summed E-state index contributed by atoms with van der Waals surface area (Å²) in [6.07, 6.45) is 1.77. The van der Waals surface area contributed by atoms with Crippen LogP contribution in [0.1, 0.15) is 41.9 Å². The van der Waals surface area contributed by atoms with Gasteiger partial charge in [-0.2, -0.15) is 15.1 Å². The summed E-state index contributed by atoms with van der Waals surface area (Å²) >= 11 is 1.36. The number of carbonyl (C=O) groups is 1. The van der Waals surface area contributed by atoms with Gasteiger partial charge in [-0.15, -0.1) is 0 Å². The molecule has 0 saturated carbocycles. The van der Waals surface area contributed by atoms with E-state index in [4.69, 9.17) is 5.41 Å². The van der Waals surface area contributed by atoms with Crippen LogP contribution in [-0.4, -0.2) is 31.5 Å². The summed E-state index contributed by atoms with van der Waals surface area (Å²) in [4.78, 5) is 16.9. The first kappa shape index (κ1) is 20.3. The van der Waals surface area contributed by atoms with Gasteiger partial charge in [-0.25, -0.2) is 0 Å². The van der Waals surface area contributed by atoms with E-state index in [1.807, 2.05) is 26.8 Å². The molecule has 0 atom stereocenters. The van der Waals surface area contributed by atoms with Crippen LogP contribution in [0.5, 0.6) is 0 Å². The molecule has 0 spiro atoms. The third-order valence-corrected chi connectivity index (χ3v) is 6.76. The van der Waals surface area contributed by atoms with Gasteiger partial charge in [0, 0.05) is 23.0 Å². The van der Waals surface area contributed by atoms with Gasteiger partial charge in [-0.3, -0.25) is 10.2 Å². The third-order valence-electron chi connectivity index (χ3n) is 5.55. The topological polar surface area (TPSA) is 73.8 Å². The van der Waals surface area contributed by atoms with Crippen LogP contribution in [-0.2, 0) is 4.79 Å². The Morgan fingerprint density at radius 1 is 1.17 bits per heavy atom. The van der Waals surface area contributed by atoms with E-state index in [-0.39, 0.29) is 17.3 Å². The van der Waals surface area contributed by atoms with Crippen molar-refractivity contribution in [2.75, 3.05) is 0 Å². The summed E-state index contributed by atoms with van der Waals surface area (Å²) in [7, 11) is 0. The van der Waals surface area contributed by atoms with Crippen molar-refractivity contribution >= 4 is 39.8 Å². The Bertz CT molecular complexity index is 1180. The van der Waals surface area contributed by atoms with Crippen molar-refractivity contribution in [2.45, 2.75) is 41.5 Å². The largest absolute Gasteiger partial charge is 0.318 e. The lowest BCUT2D eigenvalue weighted by molar-refractivity contribution is -0.114. The molecular formula is C23H25N5OS. The van der Waals surface area contributed by atoms with Gasteiger partial charge in [-0.1, -0.05) is 26.0 Å². The highest BCUT2D eigenvalue weighted by Gasteiger charge is 2.36. The van der Waals surface area contributed by atoms with E-state index >= 15 is 0 Å². The number of aromatic nitrogens is 1. The van der Waals surface area contributed by atoms with Crippen molar-refractivity contribution in [3.05, 3.63) is 57.9 Å². The number of aliphatic imine (C=N–C) groups is 1. The number of amides is 1. The quantitative estimate of drug-likeness (QED) is 0.713. The molecule has 0 unspecified atom stereocenters. The molecule has 2 aliphatic heterocycles. The molecule has 0 fully saturated rings. The van der Waals surface area contributed by atoms with Crippen molar-refractivity contribution in [2.24, 2.45) is 16.0 Å². The number of aryl methyl sites for hydroxylation is 2. The van der Waals surface area contributed by atoms with Gasteiger partial charge in [0.05, 0.1) is 5.57 Å². The number of hydrogen-bond acceptors (Lipinski definition) is 4. The molecule has 2 aliphatic rings. The van der Waals surface area contributed by atoms with Crippen LogP contribution in [0.2, 0.25) is 0 Å². The number of carbonyl (C=O) groups excluding carboxylic acids is 1. The summed E-state index contributed by atoms with van der Waals surface area (Å²) in [5, 5.41) is 15.9. The van der Waals surface area contributed by atoms with Crippen LogP contribution in [0.3, 0.4) is 0 Å². The molecular weight excluding hydrogens is 394 g/mol. The molecule has 0 radical (unpaired) electrons. The first-order chi connectivity index (χ1) is 14.2. The fraction of sp³-hybridized carbons (Fsp3) is 0.304. The van der Waals surface area contributed by atoms with Crippen LogP contribution in [0.25, 0.3) is 11.8 Å². The molecule has 154 valence electrons. The van der Waals surface area contributed by atoms with E-state index < -0.39 is 5.91 Å². The van der Waals surface area contributed by atoms with Crippen LogP contribution in [0, 0.1) is 39.0 Å². The molecule has 1 aromatic heterocycles. The van der Waals surface area contributed by atoms with E-state index in [1.54, 1.807) is 6.08 Å². The number of rotatable bonds is 3. The molecule has 2 aromatic rings. The molecule has 6 nitrogen and oxygen atoms in total. The van der Waals surface area contributed by atoms with Crippen molar-refractivity contribution in [1.29, 1.82) is 5.41 Å². The van der Waals surface area contributed by atoms with Crippen LogP contribution in [0.4, 0.5) is 0 Å². The SMILES string of the molecule is Cc1cccc(-n2c(C)cc(/C=C3\C(=N)N4N=C(C(C)C)SC4=NC3=O)c2C)c1C. The van der Waals surface area contributed by atoms with Crippen molar-refractivity contribution in [3.63, 3.8) is 0 Å². The lowest BCUT2D eigenvalue weighted by Crippen LogP contribution is -2.35. The molecule has 1 aromatic carbocycles. The minimum Gasteiger partial charge on any atom is -0.318 e. The van der Waals surface area contributed by atoms with Crippen molar-refractivity contribution < 1.29 is 4.79 Å². The Kier molecular flexibility index (Phi) is 5.02. The summed E-state index contributed by atoms with van der Waals surface area (Å²) < 4.78 is 2.20. The zero-order chi connectivity index (χ0) is 21.7. The first-order valence-corrected chi connectivity index (χ1v) is 10.8. The standard InChI is InChI=1S/C23H25N5OS/c1-12(2)22-26-28-20(24)18(21(29)25-23(28)30-22)11-17-10-14(4)27(16(17)6)19-9-7-8-13(3)15(19)5/h7-12,24H,1-6H3/b18-11+,24-20?. The molecule has 0 saturated heterocycles. The summed E-state index contributed by atoms with van der Waals surface area (Å²) in [6, 6.07) is 8.31. The number of amidine groups is 2. The van der Waals surface area contributed by atoms with Crippen LogP contribution >= 0.6 is 11.8 Å². The Morgan fingerprint density at radius 2 is 1.90 bits per heavy atom. The predicted octanol–water partition coefficient (Wildman–Crippen LogP) is 4.99. The number of hydrogen-bond donors (Lipinski definition) is 1. The summed E-state index contributed by atoms with van der Waals surface area (Å²) in [5.41, 5.74) is 6.84. The Balaban J connectivity index is 1.77. The van der Waals surface area contributed by atoms with Gasteiger partial charge in [-0.05, 0) is 74.4 Å². The van der Waals surface area contributed by atoms with E-state index in [1.165, 1.54) is 27.9 Å². The van der Waals surface area contributed by atoms with Gasteiger partial charge >= 0.3 is 0 Å². The average molecular weight is 420 g/mol. The number of benzene rings is 1. The first-order valence-electron chi connectivity index (χ1n) is 9.94. The maximum atomic E-state index is 12.7. The Labute approximate surface area is 180 Å². The fourth-order valence-electron chi connectivity index (χ4n) is 3.68. The Morgan fingerprint density at radius 3 is 2.60 bits per heavy atom. The second-order valence-corrected chi connectivity index (χ2v) is 8.98. The lowest BCUT2D eigenvalue weighted by atomic mass is 10.1. The second-order valence-electron chi connectivity index (χ2n) is 7.99. The minimum atomic E-state index is -0.393. The summed E-state index contributed by atoms with van der Waals surface area (Å²) in [6.45, 7) is 12.4. The number of fused-ring (bicyclic) bond motifs is 1. The van der Waals surface area contributed by atoms with Crippen molar-refractivity contribution in [1.82, 2.24) is 9.58 Å². The molecule has 30 heavy (non-hydrogen) atoms. The fourth-order valence-corrected chi connectivity index (χ4v) is 4.57. The molecule has 1 amide bonds. The second kappa shape index (κ2) is 7.40. The predicted molar refractivity (Wildman–Crippen MR) is 125 cm³/mol. The normalized spacial score (nSPS) is 17.7. The van der Waals surface area contributed by atoms with E-state index in [9.17, 15) is 4.79 Å². The smallest absolute Gasteiger partial charge is 0.283 e. The van der Waals surface area contributed by atoms with Crippen LogP contribution in [0.15, 0.2) is 39.9 Å². The van der Waals surface area contributed by atoms with E-state index in [0.717, 1.165) is 27.7 Å². The Hall–Kier alpha value is -2.93. The molecule has 3 heterocycles. The third kappa shape index (κ3) is 3.23. The van der Waals surface area contributed by atoms with Gasteiger partial charge in [0.25, 0.3) is 5.91 Å².